The largest absolute Gasteiger partial charge is 0.398 e. The Morgan fingerprint density at radius 2 is 1.90 bits per heavy atom. The van der Waals surface area contributed by atoms with Crippen molar-refractivity contribution < 1.29 is 8.42 Å². The zero-order valence-electron chi connectivity index (χ0n) is 10.8. The molecule has 0 saturated carbocycles. The molecule has 0 saturated heterocycles. The monoisotopic (exact) mass is 311 g/mol. The van der Waals surface area contributed by atoms with Gasteiger partial charge in [0.2, 0.25) is 10.0 Å². The van der Waals surface area contributed by atoms with E-state index < -0.39 is 10.0 Å². The average Bonchev–Trinajstić information content (AvgIpc) is 2.39. The van der Waals surface area contributed by atoms with Crippen molar-refractivity contribution in [3.8, 4) is 0 Å². The smallest absolute Gasteiger partial charge is 0.246 e. The zero-order chi connectivity index (χ0) is 14.8. The summed E-state index contributed by atoms with van der Waals surface area (Å²) in [6.07, 6.45) is 3.22. The summed E-state index contributed by atoms with van der Waals surface area (Å²) >= 11 is 5.97. The maximum absolute atomic E-state index is 12.5. The van der Waals surface area contributed by atoms with Crippen molar-refractivity contribution in [2.24, 2.45) is 0 Å². The molecule has 106 valence electrons. The Bertz CT molecular complexity index is 685. The molecule has 0 atom stereocenters. The minimum atomic E-state index is -3.74. The third kappa shape index (κ3) is 2.92. The van der Waals surface area contributed by atoms with Crippen molar-refractivity contribution in [3.63, 3.8) is 0 Å². The molecule has 0 fully saturated rings. The normalized spacial score (nSPS) is 11.8. The van der Waals surface area contributed by atoms with Crippen molar-refractivity contribution in [2.45, 2.75) is 11.4 Å². The molecule has 0 aliphatic carbocycles. The fourth-order valence-electron chi connectivity index (χ4n) is 1.78. The number of hydrogen-bond donors (Lipinski definition) is 1. The van der Waals surface area contributed by atoms with E-state index in [0.29, 0.717) is 0 Å². The van der Waals surface area contributed by atoms with E-state index in [0.717, 1.165) is 5.56 Å². The van der Waals surface area contributed by atoms with Gasteiger partial charge in [-0.2, -0.15) is 4.31 Å². The second-order valence-electron chi connectivity index (χ2n) is 4.27. The Morgan fingerprint density at radius 3 is 2.50 bits per heavy atom. The highest BCUT2D eigenvalue weighted by molar-refractivity contribution is 7.89. The summed E-state index contributed by atoms with van der Waals surface area (Å²) < 4.78 is 26.3. The minimum absolute atomic E-state index is 0.0572. The van der Waals surface area contributed by atoms with Crippen LogP contribution in [-0.4, -0.2) is 24.8 Å². The molecule has 0 spiro atoms. The predicted molar refractivity (Wildman–Crippen MR) is 78.8 cm³/mol. The number of nitrogen functional groups attached to an aromatic ring is 1. The summed E-state index contributed by atoms with van der Waals surface area (Å²) in [5.41, 5.74) is 6.71. The molecule has 0 aliphatic heterocycles. The number of anilines is 1. The van der Waals surface area contributed by atoms with Crippen LogP contribution in [0.5, 0.6) is 0 Å². The molecule has 0 bridgehead atoms. The molecular formula is C13H14ClN3O2S. The van der Waals surface area contributed by atoms with Crippen LogP contribution in [0.4, 0.5) is 5.69 Å². The van der Waals surface area contributed by atoms with Crippen molar-refractivity contribution in [1.82, 2.24) is 9.29 Å². The van der Waals surface area contributed by atoms with Crippen LogP contribution in [-0.2, 0) is 16.6 Å². The van der Waals surface area contributed by atoms with Gasteiger partial charge in [-0.1, -0.05) is 17.7 Å². The Balaban J connectivity index is 2.35. The van der Waals surface area contributed by atoms with Gasteiger partial charge in [-0.15, -0.1) is 0 Å². The maximum atomic E-state index is 12.5. The number of rotatable bonds is 4. The van der Waals surface area contributed by atoms with E-state index in [1.807, 2.05) is 0 Å². The molecule has 0 aliphatic rings. The number of halogens is 1. The van der Waals surface area contributed by atoms with Gasteiger partial charge >= 0.3 is 0 Å². The third-order valence-electron chi connectivity index (χ3n) is 2.82. The maximum Gasteiger partial charge on any atom is 0.246 e. The number of pyridine rings is 1. The van der Waals surface area contributed by atoms with E-state index in [1.165, 1.54) is 23.5 Å². The molecule has 0 amide bonds. The van der Waals surface area contributed by atoms with Crippen LogP contribution >= 0.6 is 11.6 Å². The average molecular weight is 312 g/mol. The molecule has 1 aromatic carbocycles. The fourth-order valence-corrected chi connectivity index (χ4v) is 3.57. The topological polar surface area (TPSA) is 76.3 Å². The highest BCUT2D eigenvalue weighted by Gasteiger charge is 2.26. The van der Waals surface area contributed by atoms with Crippen LogP contribution < -0.4 is 5.73 Å². The Morgan fingerprint density at radius 1 is 1.25 bits per heavy atom. The number of hydrogen-bond acceptors (Lipinski definition) is 4. The fraction of sp³-hybridized carbons (Fsp3) is 0.154. The second kappa shape index (κ2) is 5.78. The molecule has 2 N–H and O–H groups in total. The summed E-state index contributed by atoms with van der Waals surface area (Å²) in [5, 5.41) is 0.117. The van der Waals surface area contributed by atoms with Crippen LogP contribution in [0.25, 0.3) is 0 Å². The number of sulfonamides is 1. The van der Waals surface area contributed by atoms with Crippen molar-refractivity contribution in [1.29, 1.82) is 0 Å². The van der Waals surface area contributed by atoms with Crippen LogP contribution in [0.3, 0.4) is 0 Å². The zero-order valence-corrected chi connectivity index (χ0v) is 12.4. The molecule has 5 nitrogen and oxygen atoms in total. The molecule has 0 radical (unpaired) electrons. The number of nitrogens with zero attached hydrogens (tertiary/aromatic N) is 2. The Kier molecular flexibility index (Phi) is 4.27. The van der Waals surface area contributed by atoms with Gasteiger partial charge in [0.05, 0.1) is 10.7 Å². The van der Waals surface area contributed by atoms with Crippen LogP contribution in [0, 0.1) is 0 Å². The van der Waals surface area contributed by atoms with Crippen molar-refractivity contribution in [2.75, 3.05) is 12.8 Å². The van der Waals surface area contributed by atoms with E-state index in [9.17, 15) is 8.42 Å². The van der Waals surface area contributed by atoms with Gasteiger partial charge in [-0.05, 0) is 29.8 Å². The molecule has 7 heteroatoms. The Hall–Kier alpha value is -1.63. The van der Waals surface area contributed by atoms with E-state index in [2.05, 4.69) is 4.98 Å². The lowest BCUT2D eigenvalue weighted by atomic mass is 10.3. The molecular weight excluding hydrogens is 298 g/mol. The minimum Gasteiger partial charge on any atom is -0.398 e. The second-order valence-corrected chi connectivity index (χ2v) is 6.66. The lowest BCUT2D eigenvalue weighted by molar-refractivity contribution is 0.467. The molecule has 20 heavy (non-hydrogen) atoms. The molecule has 1 heterocycles. The van der Waals surface area contributed by atoms with E-state index in [4.69, 9.17) is 17.3 Å². The van der Waals surface area contributed by atoms with Gasteiger partial charge in [-0.3, -0.25) is 4.98 Å². The van der Waals surface area contributed by atoms with Gasteiger partial charge in [0.1, 0.15) is 4.90 Å². The van der Waals surface area contributed by atoms with Gasteiger partial charge in [0.15, 0.2) is 0 Å². The highest BCUT2D eigenvalue weighted by atomic mass is 35.5. The summed E-state index contributed by atoms with van der Waals surface area (Å²) in [5.74, 6) is 0. The first-order valence-corrected chi connectivity index (χ1v) is 7.64. The number of aromatic nitrogens is 1. The molecule has 2 rings (SSSR count). The highest BCUT2D eigenvalue weighted by Crippen LogP contribution is 2.29. The summed E-state index contributed by atoms with van der Waals surface area (Å²) in [4.78, 5) is 3.83. The van der Waals surface area contributed by atoms with E-state index in [1.54, 1.807) is 30.6 Å². The van der Waals surface area contributed by atoms with Crippen molar-refractivity contribution in [3.05, 3.63) is 53.3 Å². The third-order valence-corrected chi connectivity index (χ3v) is 5.17. The summed E-state index contributed by atoms with van der Waals surface area (Å²) in [6, 6.07) is 8.13. The first-order chi connectivity index (χ1) is 9.43. The lowest BCUT2D eigenvalue weighted by Crippen LogP contribution is -2.27. The van der Waals surface area contributed by atoms with Crippen LogP contribution in [0.1, 0.15) is 5.56 Å². The lowest BCUT2D eigenvalue weighted by Gasteiger charge is -2.19. The predicted octanol–water partition coefficient (Wildman–Crippen LogP) is 2.14. The summed E-state index contributed by atoms with van der Waals surface area (Å²) in [6.45, 7) is 0.218. The number of nitrogens with two attached hydrogens (primary N) is 1. The van der Waals surface area contributed by atoms with Gasteiger partial charge < -0.3 is 5.73 Å². The quantitative estimate of drug-likeness (QED) is 0.878. The van der Waals surface area contributed by atoms with E-state index in [-0.39, 0.29) is 22.2 Å². The van der Waals surface area contributed by atoms with Gasteiger partial charge in [-0.25, -0.2) is 8.42 Å². The SMILES string of the molecule is CN(Cc1ccncc1)S(=O)(=O)c1c(N)cccc1Cl. The van der Waals surface area contributed by atoms with Gasteiger partial charge in [0.25, 0.3) is 0 Å². The van der Waals surface area contributed by atoms with Gasteiger partial charge in [0, 0.05) is 26.0 Å². The molecule has 1 aromatic heterocycles. The van der Waals surface area contributed by atoms with Crippen LogP contribution in [0.2, 0.25) is 5.02 Å². The summed E-state index contributed by atoms with van der Waals surface area (Å²) in [7, 11) is -2.26. The Labute approximate surface area is 123 Å². The van der Waals surface area contributed by atoms with E-state index >= 15 is 0 Å². The standard InChI is InChI=1S/C13H14ClN3O2S/c1-17(9-10-5-7-16-8-6-10)20(18,19)13-11(14)3-2-4-12(13)15/h2-8H,9,15H2,1H3. The van der Waals surface area contributed by atoms with Crippen molar-refractivity contribution >= 4 is 27.3 Å². The molecule has 0 unspecified atom stereocenters. The van der Waals surface area contributed by atoms with Crippen LogP contribution in [0.15, 0.2) is 47.6 Å². The first-order valence-electron chi connectivity index (χ1n) is 5.82. The molecule has 2 aromatic rings. The number of benzene rings is 1. The first kappa shape index (κ1) is 14.8.